The monoisotopic (exact) mass is 313 g/mol. The zero-order chi connectivity index (χ0) is 15.6. The Morgan fingerprint density at radius 1 is 1.33 bits per heavy atom. The van der Waals surface area contributed by atoms with Crippen LogP contribution in [-0.2, 0) is 23.1 Å². The van der Waals surface area contributed by atoms with E-state index in [-0.39, 0.29) is 12.0 Å². The van der Waals surface area contributed by atoms with Gasteiger partial charge in [-0.2, -0.15) is 0 Å². The third kappa shape index (κ3) is 4.31. The Bertz CT molecular complexity index is 574. The van der Waals surface area contributed by atoms with Gasteiger partial charge in [-0.15, -0.1) is 0 Å². The average molecular weight is 313 g/mol. The lowest BCUT2D eigenvalue weighted by Crippen LogP contribution is -2.35. The molecule has 0 aliphatic heterocycles. The first-order valence-corrected chi connectivity index (χ1v) is 9.26. The molecule has 1 heterocycles. The quantitative estimate of drug-likeness (QED) is 0.772. The minimum absolute atomic E-state index is 0.0759. The van der Waals surface area contributed by atoms with E-state index in [0.29, 0.717) is 10.9 Å². The van der Waals surface area contributed by atoms with Crippen molar-refractivity contribution >= 4 is 10.0 Å². The molecule has 6 heteroatoms. The first-order valence-electron chi connectivity index (χ1n) is 7.78. The second kappa shape index (κ2) is 6.50. The van der Waals surface area contributed by atoms with Crippen LogP contribution in [0.5, 0.6) is 0 Å². The van der Waals surface area contributed by atoms with Gasteiger partial charge in [0.05, 0.1) is 4.90 Å². The van der Waals surface area contributed by atoms with Gasteiger partial charge in [0.25, 0.3) is 0 Å². The second-order valence-corrected chi connectivity index (χ2v) is 7.98. The summed E-state index contributed by atoms with van der Waals surface area (Å²) in [6.45, 7) is 9.45. The Hall–Kier alpha value is -0.850. The largest absolute Gasteiger partial charge is 0.349 e. The van der Waals surface area contributed by atoms with Gasteiger partial charge in [0, 0.05) is 37.1 Å². The molecule has 1 aromatic rings. The molecule has 0 radical (unpaired) electrons. The Balaban J connectivity index is 2.14. The number of nitrogens with one attached hydrogen (secondary N) is 2. The van der Waals surface area contributed by atoms with E-state index in [2.05, 4.69) is 10.0 Å². The maximum absolute atomic E-state index is 12.4. The van der Waals surface area contributed by atoms with Crippen LogP contribution in [0.4, 0.5) is 0 Å². The van der Waals surface area contributed by atoms with Gasteiger partial charge in [-0.05, 0) is 38.7 Å². The number of hydrogen-bond acceptors (Lipinski definition) is 3. The first kappa shape index (κ1) is 16.5. The fraction of sp³-hybridized carbons (Fsp3) is 0.733. The molecule has 1 fully saturated rings. The molecule has 120 valence electrons. The summed E-state index contributed by atoms with van der Waals surface area (Å²) in [6, 6.07) is 2.33. The minimum Gasteiger partial charge on any atom is -0.349 e. The Morgan fingerprint density at radius 3 is 2.52 bits per heavy atom. The molecule has 1 unspecified atom stereocenters. The van der Waals surface area contributed by atoms with Crippen molar-refractivity contribution in [2.75, 3.05) is 0 Å². The van der Waals surface area contributed by atoms with E-state index in [1.54, 1.807) is 12.3 Å². The SMILES string of the molecule is CCn1cc(S(=O)(=O)NC(C)C(C)C)cc1CNC1CC1. The van der Waals surface area contributed by atoms with Crippen LogP contribution in [-0.4, -0.2) is 25.1 Å². The lowest BCUT2D eigenvalue weighted by Gasteiger charge is -2.16. The molecule has 0 amide bonds. The highest BCUT2D eigenvalue weighted by Gasteiger charge is 2.23. The molecule has 0 bridgehead atoms. The summed E-state index contributed by atoms with van der Waals surface area (Å²) < 4.78 is 29.6. The third-order valence-corrected chi connectivity index (χ3v) is 5.63. The molecule has 1 saturated carbocycles. The Kier molecular flexibility index (Phi) is 5.11. The van der Waals surface area contributed by atoms with Crippen molar-refractivity contribution in [1.82, 2.24) is 14.6 Å². The van der Waals surface area contributed by atoms with Gasteiger partial charge < -0.3 is 9.88 Å². The second-order valence-electron chi connectivity index (χ2n) is 6.26. The molecule has 2 N–H and O–H groups in total. The maximum atomic E-state index is 12.4. The predicted molar refractivity (Wildman–Crippen MR) is 84.6 cm³/mol. The summed E-state index contributed by atoms with van der Waals surface area (Å²) in [5, 5.41) is 3.44. The van der Waals surface area contributed by atoms with Gasteiger partial charge in [0.1, 0.15) is 0 Å². The summed E-state index contributed by atoms with van der Waals surface area (Å²) in [6.07, 6.45) is 4.19. The van der Waals surface area contributed by atoms with Crippen molar-refractivity contribution in [1.29, 1.82) is 0 Å². The average Bonchev–Trinajstić information content (AvgIpc) is 3.13. The van der Waals surface area contributed by atoms with Crippen molar-refractivity contribution < 1.29 is 8.42 Å². The third-order valence-electron chi connectivity index (χ3n) is 4.10. The topological polar surface area (TPSA) is 63.1 Å². The molecule has 1 aliphatic carbocycles. The number of rotatable bonds is 8. The fourth-order valence-electron chi connectivity index (χ4n) is 2.10. The van der Waals surface area contributed by atoms with Crippen molar-refractivity contribution in [3.05, 3.63) is 18.0 Å². The number of aryl methyl sites for hydroxylation is 1. The van der Waals surface area contributed by atoms with E-state index >= 15 is 0 Å². The van der Waals surface area contributed by atoms with E-state index in [1.807, 2.05) is 32.3 Å². The van der Waals surface area contributed by atoms with E-state index < -0.39 is 10.0 Å². The summed E-state index contributed by atoms with van der Waals surface area (Å²) >= 11 is 0. The predicted octanol–water partition coefficient (Wildman–Crippen LogP) is 2.08. The molecule has 1 aromatic heterocycles. The van der Waals surface area contributed by atoms with Gasteiger partial charge >= 0.3 is 0 Å². The Labute approximate surface area is 128 Å². The molecule has 0 aromatic carbocycles. The molecule has 0 saturated heterocycles. The number of aromatic nitrogens is 1. The van der Waals surface area contributed by atoms with Crippen LogP contribution in [0, 0.1) is 5.92 Å². The van der Waals surface area contributed by atoms with Crippen LogP contribution in [0.15, 0.2) is 17.2 Å². The highest BCUT2D eigenvalue weighted by Crippen LogP contribution is 2.21. The van der Waals surface area contributed by atoms with Crippen LogP contribution in [0.3, 0.4) is 0 Å². The summed E-state index contributed by atoms with van der Waals surface area (Å²) in [5.41, 5.74) is 1.03. The molecule has 5 nitrogen and oxygen atoms in total. The lowest BCUT2D eigenvalue weighted by molar-refractivity contribution is 0.476. The number of hydrogen-bond donors (Lipinski definition) is 2. The van der Waals surface area contributed by atoms with Crippen LogP contribution in [0.25, 0.3) is 0 Å². The highest BCUT2D eigenvalue weighted by molar-refractivity contribution is 7.89. The minimum atomic E-state index is -3.44. The van der Waals surface area contributed by atoms with E-state index in [0.717, 1.165) is 18.8 Å². The standard InChI is InChI=1S/C15H27N3O2S/c1-5-18-10-15(8-14(18)9-16-13-6-7-13)21(19,20)17-12(4)11(2)3/h8,10-13,16-17H,5-7,9H2,1-4H3. The van der Waals surface area contributed by atoms with E-state index in [4.69, 9.17) is 0 Å². The van der Waals surface area contributed by atoms with Crippen LogP contribution in [0.2, 0.25) is 0 Å². The van der Waals surface area contributed by atoms with Crippen LogP contribution >= 0.6 is 0 Å². The molecule has 1 atom stereocenters. The molecule has 1 aliphatic rings. The fourth-order valence-corrected chi connectivity index (χ4v) is 3.55. The molecule has 2 rings (SSSR count). The van der Waals surface area contributed by atoms with Gasteiger partial charge in [0.2, 0.25) is 10.0 Å². The highest BCUT2D eigenvalue weighted by atomic mass is 32.2. The van der Waals surface area contributed by atoms with Gasteiger partial charge in [-0.3, -0.25) is 0 Å². The van der Waals surface area contributed by atoms with Crippen molar-refractivity contribution in [2.24, 2.45) is 5.92 Å². The molecule has 0 spiro atoms. The number of nitrogens with zero attached hydrogens (tertiary/aromatic N) is 1. The normalized spacial score (nSPS) is 17.4. The lowest BCUT2D eigenvalue weighted by atomic mass is 10.1. The van der Waals surface area contributed by atoms with E-state index in [9.17, 15) is 8.42 Å². The van der Waals surface area contributed by atoms with Gasteiger partial charge in [-0.1, -0.05) is 13.8 Å². The van der Waals surface area contributed by atoms with Crippen molar-refractivity contribution in [3.63, 3.8) is 0 Å². The maximum Gasteiger partial charge on any atom is 0.242 e. The van der Waals surface area contributed by atoms with Crippen molar-refractivity contribution in [2.45, 2.75) is 70.6 Å². The zero-order valence-corrected chi connectivity index (χ0v) is 14.2. The van der Waals surface area contributed by atoms with Gasteiger partial charge in [-0.25, -0.2) is 13.1 Å². The van der Waals surface area contributed by atoms with Gasteiger partial charge in [0.15, 0.2) is 0 Å². The number of sulfonamides is 1. The van der Waals surface area contributed by atoms with Crippen molar-refractivity contribution in [3.8, 4) is 0 Å². The molecular weight excluding hydrogens is 286 g/mol. The summed E-state index contributed by atoms with van der Waals surface area (Å²) in [5.74, 6) is 0.268. The van der Waals surface area contributed by atoms with Crippen LogP contribution in [0.1, 0.15) is 46.2 Å². The summed E-state index contributed by atoms with van der Waals surface area (Å²) in [7, 11) is -3.44. The first-order chi connectivity index (χ1) is 9.83. The zero-order valence-electron chi connectivity index (χ0n) is 13.4. The van der Waals surface area contributed by atoms with Crippen LogP contribution < -0.4 is 10.0 Å². The molecule has 21 heavy (non-hydrogen) atoms. The van der Waals surface area contributed by atoms with E-state index in [1.165, 1.54) is 12.8 Å². The summed E-state index contributed by atoms with van der Waals surface area (Å²) in [4.78, 5) is 0.365. The smallest absolute Gasteiger partial charge is 0.242 e. The molecular formula is C15H27N3O2S. The Morgan fingerprint density at radius 2 is 2.00 bits per heavy atom.